The number of carbonyl (C=O) groups is 1. The van der Waals surface area contributed by atoms with Crippen molar-refractivity contribution in [2.45, 2.75) is 17.2 Å². The van der Waals surface area contributed by atoms with Gasteiger partial charge >= 0.3 is 0 Å². The molecule has 1 N–H and O–H groups in total. The minimum Gasteiger partial charge on any atom is -0.497 e. The van der Waals surface area contributed by atoms with Gasteiger partial charge in [0.25, 0.3) is 0 Å². The molecule has 0 spiro atoms. The van der Waals surface area contributed by atoms with E-state index >= 15 is 0 Å². The summed E-state index contributed by atoms with van der Waals surface area (Å²) in [5.74, 6) is 1.86. The number of benzene rings is 1. The Labute approximate surface area is 158 Å². The van der Waals surface area contributed by atoms with Crippen molar-refractivity contribution in [2.75, 3.05) is 18.2 Å². The molecule has 8 heteroatoms. The Morgan fingerprint density at radius 3 is 3.00 bits per heavy atom. The van der Waals surface area contributed by atoms with Crippen LogP contribution in [0.5, 0.6) is 5.75 Å². The van der Waals surface area contributed by atoms with E-state index in [2.05, 4.69) is 15.5 Å². The molecule has 0 aliphatic rings. The van der Waals surface area contributed by atoms with Gasteiger partial charge in [0.15, 0.2) is 10.1 Å². The average Bonchev–Trinajstić information content (AvgIpc) is 3.31. The number of carbonyl (C=O) groups excluding carboxylic acids is 1. The topological polar surface area (TPSA) is 64.1 Å². The average molecular weight is 392 g/mol. The van der Waals surface area contributed by atoms with Crippen LogP contribution in [0, 0.1) is 0 Å². The molecule has 2 aromatic heterocycles. The van der Waals surface area contributed by atoms with Crippen molar-refractivity contribution in [1.82, 2.24) is 10.2 Å². The number of rotatable bonds is 9. The summed E-state index contributed by atoms with van der Waals surface area (Å²) >= 11 is 4.63. The first-order valence-corrected chi connectivity index (χ1v) is 10.4. The van der Waals surface area contributed by atoms with E-state index in [0.29, 0.717) is 6.42 Å². The third kappa shape index (κ3) is 5.29. The summed E-state index contributed by atoms with van der Waals surface area (Å²) in [4.78, 5) is 12.8. The van der Waals surface area contributed by atoms with Crippen LogP contribution in [0.1, 0.15) is 22.5 Å². The summed E-state index contributed by atoms with van der Waals surface area (Å²) in [5, 5.41) is 14.2. The number of thioether (sulfide) groups is 1. The number of hydrogen-bond acceptors (Lipinski definition) is 8. The van der Waals surface area contributed by atoms with Gasteiger partial charge in [-0.1, -0.05) is 35.2 Å². The SMILES string of the molecule is COc1cccc(Nc2nnc(SCCCC(=O)c3cccs3)s2)c1. The lowest BCUT2D eigenvalue weighted by Gasteiger charge is -2.04. The van der Waals surface area contributed by atoms with Gasteiger partial charge in [-0.15, -0.1) is 21.5 Å². The van der Waals surface area contributed by atoms with Gasteiger partial charge in [-0.3, -0.25) is 4.79 Å². The monoisotopic (exact) mass is 391 g/mol. The summed E-state index contributed by atoms with van der Waals surface area (Å²) in [6.07, 6.45) is 1.40. The fourth-order valence-corrected chi connectivity index (χ4v) is 4.57. The van der Waals surface area contributed by atoms with Crippen molar-refractivity contribution >= 4 is 51.0 Å². The summed E-state index contributed by atoms with van der Waals surface area (Å²) < 4.78 is 6.10. The molecule has 0 fully saturated rings. The van der Waals surface area contributed by atoms with E-state index in [9.17, 15) is 4.79 Å². The summed E-state index contributed by atoms with van der Waals surface area (Å²) in [7, 11) is 1.64. The molecular formula is C17H17N3O2S3. The predicted octanol–water partition coefficient (Wildman–Crippen LogP) is 5.11. The molecule has 3 rings (SSSR count). The van der Waals surface area contributed by atoms with Crippen molar-refractivity contribution < 1.29 is 9.53 Å². The zero-order valence-electron chi connectivity index (χ0n) is 13.6. The maximum atomic E-state index is 11.9. The quantitative estimate of drug-likeness (QED) is 0.311. The smallest absolute Gasteiger partial charge is 0.210 e. The van der Waals surface area contributed by atoms with Crippen LogP contribution < -0.4 is 10.1 Å². The molecule has 0 saturated heterocycles. The fraction of sp³-hybridized carbons (Fsp3) is 0.235. The number of aromatic nitrogens is 2. The number of anilines is 2. The Balaban J connectivity index is 1.44. The predicted molar refractivity (Wildman–Crippen MR) is 105 cm³/mol. The van der Waals surface area contributed by atoms with Crippen LogP contribution in [0.25, 0.3) is 0 Å². The van der Waals surface area contributed by atoms with E-state index in [0.717, 1.165) is 38.0 Å². The maximum Gasteiger partial charge on any atom is 0.210 e. The Morgan fingerprint density at radius 2 is 2.20 bits per heavy atom. The van der Waals surface area contributed by atoms with Crippen LogP contribution in [0.4, 0.5) is 10.8 Å². The van der Waals surface area contributed by atoms with Crippen molar-refractivity contribution in [3.8, 4) is 5.75 Å². The maximum absolute atomic E-state index is 11.9. The molecule has 0 unspecified atom stereocenters. The van der Waals surface area contributed by atoms with Gasteiger partial charge in [0.2, 0.25) is 5.13 Å². The molecule has 0 radical (unpaired) electrons. The number of nitrogens with zero attached hydrogens (tertiary/aromatic N) is 2. The largest absolute Gasteiger partial charge is 0.497 e. The van der Waals surface area contributed by atoms with E-state index in [1.165, 1.54) is 22.7 Å². The van der Waals surface area contributed by atoms with Gasteiger partial charge in [-0.25, -0.2) is 0 Å². The standard InChI is InChI=1S/C17H17N3O2S3/c1-22-13-6-2-5-12(11-13)18-16-19-20-17(25-16)24-10-3-7-14(21)15-8-4-9-23-15/h2,4-6,8-9,11H,3,7,10H2,1H3,(H,18,19). The molecule has 0 amide bonds. The zero-order chi connectivity index (χ0) is 17.5. The van der Waals surface area contributed by atoms with Crippen LogP contribution in [0.3, 0.4) is 0 Å². The second-order valence-corrected chi connectivity index (χ2v) is 8.35. The highest BCUT2D eigenvalue weighted by Gasteiger charge is 2.08. The highest BCUT2D eigenvalue weighted by Crippen LogP contribution is 2.29. The van der Waals surface area contributed by atoms with E-state index in [4.69, 9.17) is 4.74 Å². The molecule has 0 aliphatic carbocycles. The molecule has 1 aromatic carbocycles. The lowest BCUT2D eigenvalue weighted by Crippen LogP contribution is -1.96. The third-order valence-electron chi connectivity index (χ3n) is 3.30. The first-order chi connectivity index (χ1) is 12.2. The lowest BCUT2D eigenvalue weighted by molar-refractivity contribution is 0.0986. The van der Waals surface area contributed by atoms with Gasteiger partial charge in [0, 0.05) is 23.9 Å². The minimum absolute atomic E-state index is 0.216. The molecule has 0 bridgehead atoms. The lowest BCUT2D eigenvalue weighted by atomic mass is 10.2. The first kappa shape index (κ1) is 17.9. The van der Waals surface area contributed by atoms with Crippen molar-refractivity contribution in [1.29, 1.82) is 0 Å². The molecule has 3 aromatic rings. The molecular weight excluding hydrogens is 374 g/mol. The van der Waals surface area contributed by atoms with Crippen LogP contribution in [0.2, 0.25) is 0 Å². The summed E-state index contributed by atoms with van der Waals surface area (Å²) in [6, 6.07) is 11.5. The Bertz CT molecular complexity index is 818. The van der Waals surface area contributed by atoms with Gasteiger partial charge in [0.05, 0.1) is 12.0 Å². The van der Waals surface area contributed by atoms with Crippen molar-refractivity contribution in [2.24, 2.45) is 0 Å². The highest BCUT2D eigenvalue weighted by atomic mass is 32.2. The Kier molecular flexibility index (Phi) is 6.43. The molecule has 5 nitrogen and oxygen atoms in total. The van der Waals surface area contributed by atoms with E-state index in [-0.39, 0.29) is 5.78 Å². The number of thiophene rings is 1. The van der Waals surface area contributed by atoms with Crippen LogP contribution in [-0.2, 0) is 0 Å². The summed E-state index contributed by atoms with van der Waals surface area (Å²) in [5.41, 5.74) is 0.911. The second-order valence-electron chi connectivity index (χ2n) is 5.08. The molecule has 130 valence electrons. The molecule has 25 heavy (non-hydrogen) atoms. The number of nitrogens with one attached hydrogen (secondary N) is 1. The van der Waals surface area contributed by atoms with Crippen LogP contribution in [-0.4, -0.2) is 28.8 Å². The number of ketones is 1. The van der Waals surface area contributed by atoms with Crippen LogP contribution in [0.15, 0.2) is 46.1 Å². The normalized spacial score (nSPS) is 10.6. The number of methoxy groups -OCH3 is 1. The molecule has 0 aliphatic heterocycles. The van der Waals surface area contributed by atoms with E-state index in [1.807, 2.05) is 41.8 Å². The second kappa shape index (κ2) is 8.98. The Hall–Kier alpha value is -1.90. The summed E-state index contributed by atoms with van der Waals surface area (Å²) in [6.45, 7) is 0. The van der Waals surface area contributed by atoms with Crippen molar-refractivity contribution in [3.63, 3.8) is 0 Å². The first-order valence-electron chi connectivity index (χ1n) is 7.68. The van der Waals surface area contributed by atoms with Gasteiger partial charge in [-0.2, -0.15) is 0 Å². The van der Waals surface area contributed by atoms with Crippen molar-refractivity contribution in [3.05, 3.63) is 46.7 Å². The number of hydrogen-bond donors (Lipinski definition) is 1. The molecule has 0 atom stereocenters. The fourth-order valence-electron chi connectivity index (χ4n) is 2.10. The number of ether oxygens (including phenoxy) is 1. The van der Waals surface area contributed by atoms with Gasteiger partial charge in [0.1, 0.15) is 5.75 Å². The number of Topliss-reactive ketones (excluding diaryl/α,β-unsaturated/α-hetero) is 1. The van der Waals surface area contributed by atoms with Gasteiger partial charge in [-0.05, 0) is 30.0 Å². The third-order valence-corrected chi connectivity index (χ3v) is 6.27. The van der Waals surface area contributed by atoms with E-state index in [1.54, 1.807) is 18.9 Å². The zero-order valence-corrected chi connectivity index (χ0v) is 16.0. The van der Waals surface area contributed by atoms with E-state index < -0.39 is 0 Å². The minimum atomic E-state index is 0.216. The Morgan fingerprint density at radius 1 is 1.28 bits per heavy atom. The molecule has 2 heterocycles. The van der Waals surface area contributed by atoms with Crippen LogP contribution >= 0.6 is 34.4 Å². The highest BCUT2D eigenvalue weighted by molar-refractivity contribution is 8.01. The van der Waals surface area contributed by atoms with Gasteiger partial charge < -0.3 is 10.1 Å². The molecule has 0 saturated carbocycles.